The Morgan fingerprint density at radius 1 is 1.22 bits per heavy atom. The lowest BCUT2D eigenvalue weighted by Gasteiger charge is -2.62. The summed E-state index contributed by atoms with van der Waals surface area (Å²) < 4.78 is 0. The fourth-order valence-electron chi connectivity index (χ4n) is 5.67. The van der Waals surface area contributed by atoms with Gasteiger partial charge < -0.3 is 10.2 Å². The zero-order chi connectivity index (χ0) is 17.7. The third kappa shape index (κ3) is 3.43. The third-order valence-electron chi connectivity index (χ3n) is 7.30. The Morgan fingerprint density at radius 3 is 2.39 bits per heavy atom. The van der Waals surface area contributed by atoms with Gasteiger partial charge in [-0.3, -0.25) is 0 Å². The summed E-state index contributed by atoms with van der Waals surface area (Å²) in [5.41, 5.74) is -1.12. The van der Waals surface area contributed by atoms with E-state index in [4.69, 9.17) is 0 Å². The van der Waals surface area contributed by atoms with Gasteiger partial charge in [0.1, 0.15) is 0 Å². The lowest BCUT2D eigenvalue weighted by molar-refractivity contribution is -0.169. The van der Waals surface area contributed by atoms with Gasteiger partial charge in [-0.2, -0.15) is 0 Å². The molecule has 2 aliphatic carbocycles. The number of hydrogen-bond acceptors (Lipinski definition) is 2. The van der Waals surface area contributed by atoms with Gasteiger partial charge >= 0.3 is 0 Å². The van der Waals surface area contributed by atoms with Crippen LogP contribution in [0.3, 0.4) is 0 Å². The average Bonchev–Trinajstić information content (AvgIpc) is 2.42. The second-order valence-corrected chi connectivity index (χ2v) is 10.5. The first-order valence-electron chi connectivity index (χ1n) is 9.09. The molecule has 2 aliphatic rings. The fraction of sp³-hybridized carbons (Fsp3) is 0.900. The van der Waals surface area contributed by atoms with Gasteiger partial charge in [0.05, 0.1) is 11.2 Å². The van der Waals surface area contributed by atoms with Gasteiger partial charge in [-0.05, 0) is 75.0 Å². The van der Waals surface area contributed by atoms with Crippen LogP contribution in [0.25, 0.3) is 0 Å². The van der Waals surface area contributed by atoms with Crippen molar-refractivity contribution in [3.05, 3.63) is 12.7 Å². The molecule has 2 fully saturated rings. The maximum Gasteiger partial charge on any atom is 0.0797 e. The number of fused-ring (bicyclic) bond motifs is 1. The summed E-state index contributed by atoms with van der Waals surface area (Å²) in [5, 5.41) is 21.5. The monoisotopic (exact) mass is 386 g/mol. The first-order chi connectivity index (χ1) is 10.4. The number of alkyl halides is 1. The molecule has 0 spiro atoms. The highest BCUT2D eigenvalue weighted by molar-refractivity contribution is 9.09. The van der Waals surface area contributed by atoms with E-state index in [0.717, 1.165) is 32.1 Å². The molecule has 23 heavy (non-hydrogen) atoms. The smallest absolute Gasteiger partial charge is 0.0797 e. The van der Waals surface area contributed by atoms with Crippen LogP contribution < -0.4 is 0 Å². The van der Waals surface area contributed by atoms with Crippen LogP contribution in [0.1, 0.15) is 73.1 Å². The molecule has 2 unspecified atom stereocenters. The lowest BCUT2D eigenvalue weighted by atomic mass is 9.45. The van der Waals surface area contributed by atoms with E-state index in [-0.39, 0.29) is 16.7 Å². The van der Waals surface area contributed by atoms with Crippen LogP contribution in [0, 0.1) is 22.7 Å². The lowest BCUT2D eigenvalue weighted by Crippen LogP contribution is -2.59. The van der Waals surface area contributed by atoms with E-state index in [1.165, 1.54) is 0 Å². The van der Waals surface area contributed by atoms with Crippen LogP contribution in [-0.2, 0) is 0 Å². The number of halogens is 1. The maximum atomic E-state index is 11.1. The predicted octanol–water partition coefficient (Wildman–Crippen LogP) is 5.07. The third-order valence-corrected chi connectivity index (χ3v) is 8.94. The van der Waals surface area contributed by atoms with E-state index in [9.17, 15) is 10.2 Å². The van der Waals surface area contributed by atoms with E-state index < -0.39 is 11.2 Å². The Balaban J connectivity index is 2.31. The summed E-state index contributed by atoms with van der Waals surface area (Å²) in [6.45, 7) is 14.7. The minimum atomic E-state index is -0.846. The highest BCUT2D eigenvalue weighted by atomic mass is 79.9. The molecule has 0 saturated heterocycles. The zero-order valence-corrected chi connectivity index (χ0v) is 17.1. The molecule has 0 amide bonds. The molecule has 2 saturated carbocycles. The Hall–Kier alpha value is 0.140. The summed E-state index contributed by atoms with van der Waals surface area (Å²) in [6, 6.07) is 0. The van der Waals surface area contributed by atoms with E-state index in [1.54, 1.807) is 6.08 Å². The van der Waals surface area contributed by atoms with Crippen LogP contribution >= 0.6 is 15.9 Å². The predicted molar refractivity (Wildman–Crippen MR) is 101 cm³/mol. The maximum absolute atomic E-state index is 11.1. The van der Waals surface area contributed by atoms with Crippen molar-refractivity contribution >= 4 is 15.9 Å². The van der Waals surface area contributed by atoms with Gasteiger partial charge in [-0.25, -0.2) is 0 Å². The van der Waals surface area contributed by atoms with Crippen molar-refractivity contribution in [2.24, 2.45) is 22.7 Å². The second kappa shape index (κ2) is 6.14. The average molecular weight is 387 g/mol. The van der Waals surface area contributed by atoms with Crippen molar-refractivity contribution < 1.29 is 10.2 Å². The molecule has 2 nitrogen and oxygen atoms in total. The fourth-order valence-corrected chi connectivity index (χ4v) is 6.22. The Kier molecular flexibility index (Phi) is 5.20. The molecule has 3 heteroatoms. The number of aliphatic hydroxyl groups is 2. The quantitative estimate of drug-likeness (QED) is 0.522. The molecule has 134 valence electrons. The summed E-state index contributed by atoms with van der Waals surface area (Å²) in [7, 11) is 0. The molecule has 0 aromatic carbocycles. The SMILES string of the molecule is C=CC(C)(O)CCC1[C@]2(C)CC[C@@H](Br)C(C)(C)[C@H]2CC[C@@]1(C)O. The van der Waals surface area contributed by atoms with Gasteiger partial charge in [0.15, 0.2) is 0 Å². The van der Waals surface area contributed by atoms with Crippen LogP contribution in [-0.4, -0.2) is 26.2 Å². The summed E-state index contributed by atoms with van der Waals surface area (Å²) in [4.78, 5) is 0.549. The Bertz CT molecular complexity index is 455. The summed E-state index contributed by atoms with van der Waals surface area (Å²) in [6.07, 6.45) is 7.40. The standard InChI is InChI=1S/C20H35BrO2/c1-7-18(4,22)11-8-15-19(5)12-10-16(21)17(2,3)14(19)9-13-20(15,6)23/h7,14-16,22-23H,1,8-13H2,2-6H3/t14-,15?,16-,18?,19-,20-/m1/s1. The van der Waals surface area contributed by atoms with Crippen molar-refractivity contribution in [2.75, 3.05) is 0 Å². The molecule has 0 radical (unpaired) electrons. The molecule has 2 N–H and O–H groups in total. The number of rotatable bonds is 4. The molecule has 0 bridgehead atoms. The van der Waals surface area contributed by atoms with Gasteiger partial charge in [-0.1, -0.05) is 42.8 Å². The van der Waals surface area contributed by atoms with Crippen molar-refractivity contribution in [3.63, 3.8) is 0 Å². The largest absolute Gasteiger partial charge is 0.390 e. The first kappa shape index (κ1) is 19.5. The molecule has 0 heterocycles. The first-order valence-corrected chi connectivity index (χ1v) is 10.0. The van der Waals surface area contributed by atoms with E-state index in [0.29, 0.717) is 17.2 Å². The highest BCUT2D eigenvalue weighted by Crippen LogP contribution is 2.64. The van der Waals surface area contributed by atoms with Crippen molar-refractivity contribution in [1.82, 2.24) is 0 Å². The van der Waals surface area contributed by atoms with Crippen LogP contribution in [0.4, 0.5) is 0 Å². The van der Waals surface area contributed by atoms with Gasteiger partial charge in [0.25, 0.3) is 0 Å². The normalized spacial score (nSPS) is 45.8. The Morgan fingerprint density at radius 2 is 1.83 bits per heavy atom. The zero-order valence-electron chi connectivity index (χ0n) is 15.5. The topological polar surface area (TPSA) is 40.5 Å². The molecule has 2 rings (SSSR count). The second-order valence-electron chi connectivity index (χ2n) is 9.43. The number of hydrogen-bond donors (Lipinski definition) is 2. The van der Waals surface area contributed by atoms with Crippen LogP contribution in [0.15, 0.2) is 12.7 Å². The molecule has 0 aromatic rings. The van der Waals surface area contributed by atoms with Crippen molar-refractivity contribution in [3.8, 4) is 0 Å². The summed E-state index contributed by atoms with van der Waals surface area (Å²) in [5.74, 6) is 0.825. The van der Waals surface area contributed by atoms with Crippen molar-refractivity contribution in [1.29, 1.82) is 0 Å². The van der Waals surface area contributed by atoms with Crippen molar-refractivity contribution in [2.45, 2.75) is 89.2 Å². The molecular formula is C20H35BrO2. The molecule has 0 aromatic heterocycles. The van der Waals surface area contributed by atoms with Crippen LogP contribution in [0.2, 0.25) is 0 Å². The molecule has 6 atom stereocenters. The van der Waals surface area contributed by atoms with Crippen LogP contribution in [0.5, 0.6) is 0 Å². The molecule has 0 aliphatic heterocycles. The van der Waals surface area contributed by atoms with Gasteiger partial charge in [-0.15, -0.1) is 6.58 Å². The highest BCUT2D eigenvalue weighted by Gasteiger charge is 2.59. The minimum absolute atomic E-state index is 0.132. The molecular weight excluding hydrogens is 352 g/mol. The van der Waals surface area contributed by atoms with E-state index in [1.807, 2.05) is 13.8 Å². The summed E-state index contributed by atoms with van der Waals surface area (Å²) >= 11 is 3.91. The minimum Gasteiger partial charge on any atom is -0.390 e. The Labute approximate surface area is 150 Å². The van der Waals surface area contributed by atoms with Gasteiger partial charge in [0.2, 0.25) is 0 Å². The van der Waals surface area contributed by atoms with E-state index >= 15 is 0 Å². The van der Waals surface area contributed by atoms with E-state index in [2.05, 4.69) is 43.3 Å². The van der Waals surface area contributed by atoms with Gasteiger partial charge in [0, 0.05) is 4.83 Å².